The van der Waals surface area contributed by atoms with E-state index in [1.165, 1.54) is 0 Å². The number of amides is 1. The fraction of sp³-hybridized carbons (Fsp3) is 0.917. The number of ether oxygens (including phenoxy) is 1. The van der Waals surface area contributed by atoms with Crippen molar-refractivity contribution >= 4 is 6.09 Å². The summed E-state index contributed by atoms with van der Waals surface area (Å²) in [6.45, 7) is 12.9. The van der Waals surface area contributed by atoms with E-state index in [1.54, 1.807) is 0 Å². The summed E-state index contributed by atoms with van der Waals surface area (Å²) in [4.78, 5) is 11.5. The van der Waals surface area contributed by atoms with E-state index in [2.05, 4.69) is 26.1 Å². The SMILES string of the molecule is CC(C)C(C)(CN)CNC(=O)OC(C)(C)C. The molecule has 1 unspecified atom stereocenters. The molecular weight excluding hydrogens is 204 g/mol. The lowest BCUT2D eigenvalue weighted by Gasteiger charge is -2.32. The molecule has 0 rings (SSSR count). The van der Waals surface area contributed by atoms with Crippen molar-refractivity contribution in [1.29, 1.82) is 0 Å². The topological polar surface area (TPSA) is 64.3 Å². The van der Waals surface area contributed by atoms with E-state index < -0.39 is 5.60 Å². The largest absolute Gasteiger partial charge is 0.444 e. The molecule has 96 valence electrons. The number of alkyl carbamates (subject to hydrolysis) is 1. The third kappa shape index (κ3) is 5.35. The first kappa shape index (κ1) is 15.2. The molecular formula is C12H26N2O2. The first-order valence-corrected chi connectivity index (χ1v) is 5.77. The zero-order chi connectivity index (χ0) is 13.0. The lowest BCUT2D eigenvalue weighted by molar-refractivity contribution is 0.0491. The van der Waals surface area contributed by atoms with E-state index >= 15 is 0 Å². The van der Waals surface area contributed by atoms with Gasteiger partial charge in [-0.1, -0.05) is 20.8 Å². The molecule has 0 bridgehead atoms. The molecule has 16 heavy (non-hydrogen) atoms. The molecule has 0 heterocycles. The zero-order valence-corrected chi connectivity index (χ0v) is 11.4. The molecule has 0 fully saturated rings. The Morgan fingerprint density at radius 2 is 1.81 bits per heavy atom. The second-order valence-corrected chi connectivity index (χ2v) is 5.87. The second kappa shape index (κ2) is 5.53. The highest BCUT2D eigenvalue weighted by atomic mass is 16.6. The minimum atomic E-state index is -0.457. The maximum absolute atomic E-state index is 11.5. The van der Waals surface area contributed by atoms with E-state index in [4.69, 9.17) is 10.5 Å². The number of nitrogens with one attached hydrogen (secondary N) is 1. The van der Waals surface area contributed by atoms with E-state index in [0.29, 0.717) is 19.0 Å². The van der Waals surface area contributed by atoms with Crippen LogP contribution < -0.4 is 11.1 Å². The van der Waals surface area contributed by atoms with Gasteiger partial charge in [-0.2, -0.15) is 0 Å². The highest BCUT2D eigenvalue weighted by Crippen LogP contribution is 2.24. The van der Waals surface area contributed by atoms with Gasteiger partial charge in [0, 0.05) is 6.54 Å². The van der Waals surface area contributed by atoms with Crippen molar-refractivity contribution in [2.75, 3.05) is 13.1 Å². The van der Waals surface area contributed by atoms with Crippen LogP contribution in [0.15, 0.2) is 0 Å². The van der Waals surface area contributed by atoms with Gasteiger partial charge in [0.25, 0.3) is 0 Å². The summed E-state index contributed by atoms with van der Waals surface area (Å²) >= 11 is 0. The molecule has 3 N–H and O–H groups in total. The van der Waals surface area contributed by atoms with Gasteiger partial charge < -0.3 is 15.8 Å². The van der Waals surface area contributed by atoms with Crippen LogP contribution in [0.5, 0.6) is 0 Å². The summed E-state index contributed by atoms with van der Waals surface area (Å²) in [5.74, 6) is 0.410. The Bertz CT molecular complexity index is 234. The van der Waals surface area contributed by atoms with E-state index in [9.17, 15) is 4.79 Å². The maximum Gasteiger partial charge on any atom is 0.407 e. The molecule has 0 aromatic heterocycles. The number of rotatable bonds is 4. The summed E-state index contributed by atoms with van der Waals surface area (Å²) in [5.41, 5.74) is 5.19. The van der Waals surface area contributed by atoms with Crippen LogP contribution in [0, 0.1) is 11.3 Å². The van der Waals surface area contributed by atoms with Crippen LogP contribution in [0.3, 0.4) is 0 Å². The van der Waals surface area contributed by atoms with Crippen molar-refractivity contribution in [3.05, 3.63) is 0 Å². The quantitative estimate of drug-likeness (QED) is 0.777. The minimum Gasteiger partial charge on any atom is -0.444 e. The Labute approximate surface area is 98.9 Å². The van der Waals surface area contributed by atoms with Gasteiger partial charge in [-0.15, -0.1) is 0 Å². The van der Waals surface area contributed by atoms with Crippen molar-refractivity contribution in [2.45, 2.75) is 47.1 Å². The number of hydrogen-bond acceptors (Lipinski definition) is 3. The molecule has 0 aromatic rings. The van der Waals surface area contributed by atoms with Crippen LogP contribution in [-0.2, 0) is 4.74 Å². The van der Waals surface area contributed by atoms with Crippen molar-refractivity contribution < 1.29 is 9.53 Å². The van der Waals surface area contributed by atoms with Crippen molar-refractivity contribution in [3.63, 3.8) is 0 Å². The van der Waals surface area contributed by atoms with E-state index in [-0.39, 0.29) is 11.5 Å². The lowest BCUT2D eigenvalue weighted by atomic mass is 9.79. The molecule has 1 atom stereocenters. The molecule has 0 aromatic carbocycles. The van der Waals surface area contributed by atoms with Crippen molar-refractivity contribution in [1.82, 2.24) is 5.32 Å². The number of carbonyl (C=O) groups is 1. The number of nitrogens with two attached hydrogens (primary N) is 1. The molecule has 0 aliphatic heterocycles. The van der Waals surface area contributed by atoms with Gasteiger partial charge in [0.1, 0.15) is 5.60 Å². The molecule has 1 amide bonds. The molecule has 0 saturated heterocycles. The summed E-state index contributed by atoms with van der Waals surface area (Å²) in [5, 5.41) is 2.77. The predicted molar refractivity (Wildman–Crippen MR) is 66.2 cm³/mol. The normalized spacial score (nSPS) is 15.8. The molecule has 0 radical (unpaired) electrons. The second-order valence-electron chi connectivity index (χ2n) is 5.87. The Morgan fingerprint density at radius 1 is 1.31 bits per heavy atom. The average Bonchev–Trinajstić information content (AvgIpc) is 2.11. The standard InChI is InChI=1S/C12H26N2O2/c1-9(2)12(6,7-13)8-14-10(15)16-11(3,4)5/h9H,7-8,13H2,1-6H3,(H,14,15). The van der Waals surface area contributed by atoms with Crippen LogP contribution in [0.4, 0.5) is 4.79 Å². The van der Waals surface area contributed by atoms with Crippen LogP contribution >= 0.6 is 0 Å². The summed E-state index contributed by atoms with van der Waals surface area (Å²) in [6.07, 6.45) is -0.382. The predicted octanol–water partition coefficient (Wildman–Crippen LogP) is 2.13. The van der Waals surface area contributed by atoms with Gasteiger partial charge in [0.15, 0.2) is 0 Å². The van der Waals surface area contributed by atoms with Gasteiger partial charge in [0.05, 0.1) is 0 Å². The minimum absolute atomic E-state index is 0.0864. The maximum atomic E-state index is 11.5. The zero-order valence-electron chi connectivity index (χ0n) is 11.4. The fourth-order valence-corrected chi connectivity index (χ4v) is 1.10. The van der Waals surface area contributed by atoms with Crippen LogP contribution in [0.25, 0.3) is 0 Å². The lowest BCUT2D eigenvalue weighted by Crippen LogP contribution is -2.45. The Kier molecular flexibility index (Phi) is 5.26. The fourth-order valence-electron chi connectivity index (χ4n) is 1.10. The molecule has 4 nitrogen and oxygen atoms in total. The van der Waals surface area contributed by atoms with Gasteiger partial charge in [-0.05, 0) is 38.6 Å². The smallest absolute Gasteiger partial charge is 0.407 e. The Balaban J connectivity index is 4.18. The van der Waals surface area contributed by atoms with E-state index in [0.717, 1.165) is 0 Å². The van der Waals surface area contributed by atoms with Gasteiger partial charge in [0.2, 0.25) is 0 Å². The van der Waals surface area contributed by atoms with Gasteiger partial charge in [-0.25, -0.2) is 4.79 Å². The first-order chi connectivity index (χ1) is 7.10. The summed E-state index contributed by atoms with van der Waals surface area (Å²) in [7, 11) is 0. The number of carbonyl (C=O) groups excluding carboxylic acids is 1. The molecule has 0 aliphatic rings. The third-order valence-corrected chi connectivity index (χ3v) is 2.90. The summed E-state index contributed by atoms with van der Waals surface area (Å²) in [6, 6.07) is 0. The molecule has 0 spiro atoms. The van der Waals surface area contributed by atoms with E-state index in [1.807, 2.05) is 20.8 Å². The molecule has 0 aliphatic carbocycles. The molecule has 4 heteroatoms. The average molecular weight is 230 g/mol. The molecule has 0 saturated carbocycles. The van der Waals surface area contributed by atoms with Gasteiger partial charge >= 0.3 is 6.09 Å². The number of hydrogen-bond donors (Lipinski definition) is 2. The summed E-state index contributed by atoms with van der Waals surface area (Å²) < 4.78 is 5.17. The third-order valence-electron chi connectivity index (χ3n) is 2.90. The Hall–Kier alpha value is -0.770. The first-order valence-electron chi connectivity index (χ1n) is 5.77. The van der Waals surface area contributed by atoms with Crippen LogP contribution in [0.2, 0.25) is 0 Å². The van der Waals surface area contributed by atoms with Gasteiger partial charge in [-0.3, -0.25) is 0 Å². The van der Waals surface area contributed by atoms with Crippen molar-refractivity contribution in [2.24, 2.45) is 17.1 Å². The highest BCUT2D eigenvalue weighted by molar-refractivity contribution is 5.67. The van der Waals surface area contributed by atoms with Crippen LogP contribution in [0.1, 0.15) is 41.5 Å². The highest BCUT2D eigenvalue weighted by Gasteiger charge is 2.28. The van der Waals surface area contributed by atoms with Crippen molar-refractivity contribution in [3.8, 4) is 0 Å². The monoisotopic (exact) mass is 230 g/mol. The Morgan fingerprint density at radius 3 is 2.12 bits per heavy atom. The van der Waals surface area contributed by atoms with Crippen LogP contribution in [-0.4, -0.2) is 24.8 Å².